The van der Waals surface area contributed by atoms with Crippen LogP contribution in [0.5, 0.6) is 0 Å². The van der Waals surface area contributed by atoms with Crippen molar-refractivity contribution in [3.8, 4) is 6.07 Å². The maximum absolute atomic E-state index is 8.65. The molecule has 15 heavy (non-hydrogen) atoms. The van der Waals surface area contributed by atoms with Gasteiger partial charge in [-0.1, -0.05) is 13.8 Å². The molecule has 0 aliphatic carbocycles. The summed E-state index contributed by atoms with van der Waals surface area (Å²) in [6.45, 7) is 6.32. The molecule has 0 saturated carbocycles. The minimum absolute atomic E-state index is 0.475. The summed E-state index contributed by atoms with van der Waals surface area (Å²) in [5.74, 6) is 0. The summed E-state index contributed by atoms with van der Waals surface area (Å²) in [6, 6.07) is 4.29. The Labute approximate surface area is 91.1 Å². The fourth-order valence-corrected chi connectivity index (χ4v) is 1.50. The highest BCUT2D eigenvalue weighted by molar-refractivity contribution is 5.10. The smallest absolute Gasteiger partial charge is 0.0869 e. The number of hydrogen-bond acceptors (Lipinski definition) is 3. The Morgan fingerprint density at radius 1 is 1.53 bits per heavy atom. The number of aryl methyl sites for hydroxylation is 2. The highest BCUT2D eigenvalue weighted by Crippen LogP contribution is 2.07. The van der Waals surface area contributed by atoms with Gasteiger partial charge in [0.1, 0.15) is 0 Å². The molecule has 82 valence electrons. The van der Waals surface area contributed by atoms with E-state index in [4.69, 9.17) is 5.26 Å². The summed E-state index contributed by atoms with van der Waals surface area (Å²) >= 11 is 0. The number of rotatable bonds is 5. The Bertz CT molecular complexity index is 348. The molecule has 0 fully saturated rings. The summed E-state index contributed by atoms with van der Waals surface area (Å²) in [5, 5.41) is 13.0. The van der Waals surface area contributed by atoms with Gasteiger partial charge in [-0.2, -0.15) is 10.4 Å². The highest BCUT2D eigenvalue weighted by atomic mass is 15.3. The lowest BCUT2D eigenvalue weighted by Gasteiger charge is -2.15. The second-order valence-electron chi connectivity index (χ2n) is 3.57. The average Bonchev–Trinajstić information content (AvgIpc) is 2.59. The maximum atomic E-state index is 8.65. The van der Waals surface area contributed by atoms with Crippen LogP contribution in [0.2, 0.25) is 0 Å². The molecule has 1 heterocycles. The van der Waals surface area contributed by atoms with E-state index in [1.54, 1.807) is 0 Å². The molecule has 1 rings (SSSR count). The molecular formula is C11H18N4. The third kappa shape index (κ3) is 3.07. The monoisotopic (exact) mass is 206 g/mol. The molecular weight excluding hydrogens is 188 g/mol. The number of nitrogens with zero attached hydrogens (tertiary/aromatic N) is 4. The average molecular weight is 206 g/mol. The van der Waals surface area contributed by atoms with Crippen molar-refractivity contribution < 1.29 is 0 Å². The molecule has 0 atom stereocenters. The molecule has 0 spiro atoms. The van der Waals surface area contributed by atoms with E-state index in [9.17, 15) is 0 Å². The van der Waals surface area contributed by atoms with Gasteiger partial charge in [-0.25, -0.2) is 0 Å². The zero-order valence-corrected chi connectivity index (χ0v) is 9.69. The van der Waals surface area contributed by atoms with Gasteiger partial charge < -0.3 is 0 Å². The zero-order chi connectivity index (χ0) is 11.3. The van der Waals surface area contributed by atoms with Crippen LogP contribution < -0.4 is 0 Å². The standard InChI is InChI=1S/C11H18N4/c1-4-10-8-11(14(3)13-10)9-15(5-2)7-6-12/h8H,4-5,7,9H2,1-3H3. The van der Waals surface area contributed by atoms with E-state index < -0.39 is 0 Å². The summed E-state index contributed by atoms with van der Waals surface area (Å²) in [4.78, 5) is 2.09. The van der Waals surface area contributed by atoms with Crippen molar-refractivity contribution in [2.75, 3.05) is 13.1 Å². The second kappa shape index (κ2) is 5.52. The Kier molecular flexibility index (Phi) is 4.32. The van der Waals surface area contributed by atoms with Crippen molar-refractivity contribution in [2.45, 2.75) is 26.8 Å². The van der Waals surface area contributed by atoms with Crippen LogP contribution in [0.3, 0.4) is 0 Å². The van der Waals surface area contributed by atoms with Crippen molar-refractivity contribution in [1.29, 1.82) is 5.26 Å². The molecule has 0 amide bonds. The molecule has 0 bridgehead atoms. The Morgan fingerprint density at radius 2 is 2.27 bits per heavy atom. The van der Waals surface area contributed by atoms with Gasteiger partial charge in [-0.05, 0) is 19.0 Å². The third-order valence-electron chi connectivity index (χ3n) is 2.52. The van der Waals surface area contributed by atoms with Crippen LogP contribution in [-0.2, 0) is 20.0 Å². The molecule has 4 nitrogen and oxygen atoms in total. The molecule has 0 aromatic carbocycles. The predicted octanol–water partition coefficient (Wildman–Crippen LogP) is 1.33. The van der Waals surface area contributed by atoms with E-state index >= 15 is 0 Å². The Balaban J connectivity index is 2.70. The van der Waals surface area contributed by atoms with Crippen LogP contribution in [0.4, 0.5) is 0 Å². The molecule has 1 aromatic heterocycles. The number of hydrogen-bond donors (Lipinski definition) is 0. The topological polar surface area (TPSA) is 44.9 Å². The van der Waals surface area contributed by atoms with E-state index in [-0.39, 0.29) is 0 Å². The van der Waals surface area contributed by atoms with Crippen LogP contribution in [0, 0.1) is 11.3 Å². The summed E-state index contributed by atoms with van der Waals surface area (Å²) in [7, 11) is 1.95. The minimum atomic E-state index is 0.475. The van der Waals surface area contributed by atoms with E-state index in [1.807, 2.05) is 11.7 Å². The first-order valence-electron chi connectivity index (χ1n) is 5.32. The van der Waals surface area contributed by atoms with Crippen molar-refractivity contribution in [3.63, 3.8) is 0 Å². The molecule has 1 aromatic rings. The fraction of sp³-hybridized carbons (Fsp3) is 0.636. The molecule has 0 aliphatic heterocycles. The van der Waals surface area contributed by atoms with E-state index in [0.717, 1.165) is 25.2 Å². The highest BCUT2D eigenvalue weighted by Gasteiger charge is 2.08. The number of aromatic nitrogens is 2. The number of nitriles is 1. The van der Waals surface area contributed by atoms with Crippen LogP contribution in [-0.4, -0.2) is 27.8 Å². The summed E-state index contributed by atoms with van der Waals surface area (Å²) in [5.41, 5.74) is 2.28. The van der Waals surface area contributed by atoms with E-state index in [0.29, 0.717) is 6.54 Å². The van der Waals surface area contributed by atoms with Gasteiger partial charge in [0.15, 0.2) is 0 Å². The molecule has 0 unspecified atom stereocenters. The van der Waals surface area contributed by atoms with Gasteiger partial charge in [0.05, 0.1) is 24.0 Å². The predicted molar refractivity (Wildman–Crippen MR) is 59.2 cm³/mol. The first-order valence-corrected chi connectivity index (χ1v) is 5.32. The van der Waals surface area contributed by atoms with Gasteiger partial charge >= 0.3 is 0 Å². The van der Waals surface area contributed by atoms with Crippen molar-refractivity contribution in [3.05, 3.63) is 17.5 Å². The third-order valence-corrected chi connectivity index (χ3v) is 2.52. The van der Waals surface area contributed by atoms with Gasteiger partial charge in [-0.3, -0.25) is 9.58 Å². The normalized spacial score (nSPS) is 10.6. The summed E-state index contributed by atoms with van der Waals surface area (Å²) < 4.78 is 1.90. The first kappa shape index (κ1) is 11.7. The van der Waals surface area contributed by atoms with Crippen LogP contribution >= 0.6 is 0 Å². The van der Waals surface area contributed by atoms with Crippen LogP contribution in [0.25, 0.3) is 0 Å². The first-order chi connectivity index (χ1) is 7.21. The molecule has 0 saturated heterocycles. The lowest BCUT2D eigenvalue weighted by Crippen LogP contribution is -2.24. The van der Waals surface area contributed by atoms with E-state index in [2.05, 4.69) is 36.0 Å². The van der Waals surface area contributed by atoms with Crippen molar-refractivity contribution >= 4 is 0 Å². The van der Waals surface area contributed by atoms with Crippen LogP contribution in [0.1, 0.15) is 25.2 Å². The van der Waals surface area contributed by atoms with Crippen LogP contribution in [0.15, 0.2) is 6.07 Å². The molecule has 0 radical (unpaired) electrons. The SMILES string of the molecule is CCc1cc(CN(CC)CC#N)n(C)n1. The summed E-state index contributed by atoms with van der Waals surface area (Å²) in [6.07, 6.45) is 0.957. The van der Waals surface area contributed by atoms with E-state index in [1.165, 1.54) is 5.69 Å². The Hall–Kier alpha value is -1.34. The minimum Gasteiger partial charge on any atom is -0.285 e. The quantitative estimate of drug-likeness (QED) is 0.683. The lowest BCUT2D eigenvalue weighted by atomic mass is 10.3. The van der Waals surface area contributed by atoms with Crippen molar-refractivity contribution in [1.82, 2.24) is 14.7 Å². The molecule has 4 heteroatoms. The van der Waals surface area contributed by atoms with Gasteiger partial charge in [0.2, 0.25) is 0 Å². The second-order valence-corrected chi connectivity index (χ2v) is 3.57. The largest absolute Gasteiger partial charge is 0.285 e. The van der Waals surface area contributed by atoms with Crippen molar-refractivity contribution in [2.24, 2.45) is 7.05 Å². The fourth-order valence-electron chi connectivity index (χ4n) is 1.50. The van der Waals surface area contributed by atoms with Gasteiger partial charge in [0.25, 0.3) is 0 Å². The maximum Gasteiger partial charge on any atom is 0.0869 e. The Morgan fingerprint density at radius 3 is 2.73 bits per heavy atom. The molecule has 0 N–H and O–H groups in total. The van der Waals surface area contributed by atoms with Gasteiger partial charge in [0, 0.05) is 13.6 Å². The molecule has 0 aliphatic rings. The zero-order valence-electron chi connectivity index (χ0n) is 9.69. The lowest BCUT2D eigenvalue weighted by molar-refractivity contribution is 0.305. The van der Waals surface area contributed by atoms with Gasteiger partial charge in [-0.15, -0.1) is 0 Å².